The second-order valence-electron chi connectivity index (χ2n) is 6.09. The van der Waals surface area contributed by atoms with Crippen molar-refractivity contribution in [1.82, 2.24) is 9.88 Å². The first-order valence-corrected chi connectivity index (χ1v) is 8.75. The van der Waals surface area contributed by atoms with Crippen molar-refractivity contribution in [2.75, 3.05) is 33.4 Å². The number of pyridine rings is 1. The molecule has 1 saturated heterocycles. The molecule has 0 radical (unpaired) electrons. The highest BCUT2D eigenvalue weighted by Gasteiger charge is 2.26. The number of nitrogens with zero attached hydrogens (tertiary/aromatic N) is 2. The van der Waals surface area contributed by atoms with E-state index >= 15 is 0 Å². The fourth-order valence-corrected chi connectivity index (χ4v) is 2.91. The van der Waals surface area contributed by atoms with E-state index in [1.54, 1.807) is 17.0 Å². The molecule has 3 rings (SSSR count). The molecule has 1 aliphatic heterocycles. The van der Waals surface area contributed by atoms with Gasteiger partial charge in [-0.1, -0.05) is 29.3 Å². The number of methoxy groups -OCH3 is 1. The molecule has 0 spiro atoms. The van der Waals surface area contributed by atoms with Crippen molar-refractivity contribution in [1.29, 1.82) is 0 Å². The Bertz CT molecular complexity index is 767. The van der Waals surface area contributed by atoms with E-state index in [0.717, 1.165) is 5.75 Å². The van der Waals surface area contributed by atoms with E-state index in [2.05, 4.69) is 4.98 Å². The second-order valence-corrected chi connectivity index (χ2v) is 6.48. The third-order valence-corrected chi connectivity index (χ3v) is 4.30. The summed E-state index contributed by atoms with van der Waals surface area (Å²) in [5.41, 5.74) is 1.62. The number of ether oxygens (including phenoxy) is 3. The molecule has 0 saturated carbocycles. The van der Waals surface area contributed by atoms with Gasteiger partial charge in [-0.3, -0.25) is 4.79 Å². The van der Waals surface area contributed by atoms with Crippen molar-refractivity contribution in [3.05, 3.63) is 52.7 Å². The van der Waals surface area contributed by atoms with Crippen LogP contribution in [0.25, 0.3) is 0 Å². The average molecular weight is 377 g/mol. The van der Waals surface area contributed by atoms with E-state index in [1.807, 2.05) is 31.2 Å². The molecule has 1 amide bonds. The zero-order valence-electron chi connectivity index (χ0n) is 14.8. The number of carbonyl (C=O) groups excluding carboxylic acids is 1. The van der Waals surface area contributed by atoms with Crippen molar-refractivity contribution >= 4 is 17.5 Å². The number of carbonyl (C=O) groups is 1. The molecule has 7 heteroatoms. The minimum absolute atomic E-state index is 0.128. The summed E-state index contributed by atoms with van der Waals surface area (Å²) in [4.78, 5) is 18.5. The minimum Gasteiger partial charge on any atom is -0.491 e. The number of aromatic nitrogens is 1. The smallest absolute Gasteiger partial charge is 0.254 e. The molecule has 0 N–H and O–H groups in total. The molecule has 1 unspecified atom stereocenters. The van der Waals surface area contributed by atoms with Crippen LogP contribution in [0.15, 0.2) is 36.4 Å². The molecule has 6 nitrogen and oxygen atoms in total. The number of amides is 1. The molecule has 1 aromatic carbocycles. The number of aryl methyl sites for hydroxylation is 1. The van der Waals surface area contributed by atoms with Crippen LogP contribution in [0.1, 0.15) is 15.9 Å². The molecular formula is C19H21ClN2O4. The highest BCUT2D eigenvalue weighted by Crippen LogP contribution is 2.19. The van der Waals surface area contributed by atoms with Crippen LogP contribution in [0.5, 0.6) is 11.6 Å². The van der Waals surface area contributed by atoms with Gasteiger partial charge < -0.3 is 19.1 Å². The van der Waals surface area contributed by atoms with Crippen LogP contribution in [0, 0.1) is 6.92 Å². The Morgan fingerprint density at radius 2 is 2.12 bits per heavy atom. The first-order chi connectivity index (χ1) is 12.5. The van der Waals surface area contributed by atoms with Crippen LogP contribution < -0.4 is 9.47 Å². The largest absolute Gasteiger partial charge is 0.491 e. The van der Waals surface area contributed by atoms with Crippen LogP contribution in [0.3, 0.4) is 0 Å². The summed E-state index contributed by atoms with van der Waals surface area (Å²) in [6.45, 7) is 3.84. The molecule has 26 heavy (non-hydrogen) atoms. The van der Waals surface area contributed by atoms with E-state index in [9.17, 15) is 4.79 Å². The maximum absolute atomic E-state index is 12.8. The Morgan fingerprint density at radius 1 is 1.35 bits per heavy atom. The number of hydrogen-bond donors (Lipinski definition) is 0. The lowest BCUT2D eigenvalue weighted by molar-refractivity contribution is -0.0401. The molecule has 1 fully saturated rings. The van der Waals surface area contributed by atoms with Gasteiger partial charge in [0.1, 0.15) is 23.6 Å². The molecule has 1 atom stereocenters. The quantitative estimate of drug-likeness (QED) is 0.751. The van der Waals surface area contributed by atoms with Crippen molar-refractivity contribution in [3.8, 4) is 11.6 Å². The Hall–Kier alpha value is -2.31. The lowest BCUT2D eigenvalue weighted by atomic mass is 10.2. The Balaban J connectivity index is 1.61. The normalized spacial score (nSPS) is 17.0. The molecule has 0 aliphatic carbocycles. The molecule has 2 aromatic rings. The van der Waals surface area contributed by atoms with Crippen LogP contribution in [-0.2, 0) is 4.74 Å². The van der Waals surface area contributed by atoms with Crippen molar-refractivity contribution in [2.24, 2.45) is 0 Å². The summed E-state index contributed by atoms with van der Waals surface area (Å²) in [6.07, 6.45) is -0.187. The first kappa shape index (κ1) is 18.5. The zero-order valence-corrected chi connectivity index (χ0v) is 15.5. The molecule has 0 bridgehead atoms. The lowest BCUT2D eigenvalue weighted by Crippen LogP contribution is -2.47. The SMILES string of the molecule is COc1cc(C(=O)N2CCOC(COc3ccc(C)cc3)C2)cc(Cl)n1. The zero-order chi connectivity index (χ0) is 18.5. The van der Waals surface area contributed by atoms with E-state index in [4.69, 9.17) is 25.8 Å². The maximum atomic E-state index is 12.8. The Kier molecular flexibility index (Phi) is 5.96. The standard InChI is InChI=1S/C19H21ClN2O4/c1-13-3-5-15(6-4-13)26-12-16-11-22(7-8-25-16)19(23)14-9-17(20)21-18(10-14)24-2/h3-6,9-10,16H,7-8,11-12H2,1-2H3. The number of halogens is 1. The third kappa shape index (κ3) is 4.65. The van der Waals surface area contributed by atoms with Crippen molar-refractivity contribution < 1.29 is 19.0 Å². The van der Waals surface area contributed by atoms with Gasteiger partial charge in [-0.15, -0.1) is 0 Å². The summed E-state index contributed by atoms with van der Waals surface area (Å²) in [5.74, 6) is 0.970. The van der Waals surface area contributed by atoms with Crippen molar-refractivity contribution in [3.63, 3.8) is 0 Å². The predicted octanol–water partition coefficient (Wildman–Crippen LogP) is 2.97. The van der Waals surface area contributed by atoms with Gasteiger partial charge in [-0.2, -0.15) is 0 Å². The minimum atomic E-state index is -0.187. The summed E-state index contributed by atoms with van der Waals surface area (Å²) in [6, 6.07) is 11.0. The summed E-state index contributed by atoms with van der Waals surface area (Å²) in [7, 11) is 1.49. The summed E-state index contributed by atoms with van der Waals surface area (Å²) < 4.78 is 16.6. The topological polar surface area (TPSA) is 60.9 Å². The first-order valence-electron chi connectivity index (χ1n) is 8.37. The van der Waals surface area contributed by atoms with E-state index in [0.29, 0.717) is 37.7 Å². The van der Waals surface area contributed by atoms with Crippen LogP contribution in [0.2, 0.25) is 5.15 Å². The van der Waals surface area contributed by atoms with E-state index < -0.39 is 0 Å². The Morgan fingerprint density at radius 3 is 2.85 bits per heavy atom. The van der Waals surface area contributed by atoms with Gasteiger partial charge in [-0.25, -0.2) is 4.98 Å². The Labute approximate surface area is 157 Å². The molecule has 2 heterocycles. The molecule has 138 valence electrons. The molecule has 1 aromatic heterocycles. The van der Waals surface area contributed by atoms with Gasteiger partial charge in [0.2, 0.25) is 5.88 Å². The maximum Gasteiger partial charge on any atom is 0.254 e. The van der Waals surface area contributed by atoms with E-state index in [-0.39, 0.29) is 17.2 Å². The highest BCUT2D eigenvalue weighted by molar-refractivity contribution is 6.29. The van der Waals surface area contributed by atoms with Crippen molar-refractivity contribution in [2.45, 2.75) is 13.0 Å². The van der Waals surface area contributed by atoms with Gasteiger partial charge in [0.05, 0.1) is 20.3 Å². The van der Waals surface area contributed by atoms with Gasteiger partial charge in [0.15, 0.2) is 0 Å². The average Bonchev–Trinajstić information content (AvgIpc) is 2.66. The van der Waals surface area contributed by atoms with Gasteiger partial charge >= 0.3 is 0 Å². The number of benzene rings is 1. The van der Waals surface area contributed by atoms with Crippen LogP contribution in [0.4, 0.5) is 0 Å². The van der Waals surface area contributed by atoms with Crippen LogP contribution >= 0.6 is 11.6 Å². The third-order valence-electron chi connectivity index (χ3n) is 4.11. The molecule has 1 aliphatic rings. The summed E-state index contributed by atoms with van der Waals surface area (Å²) in [5, 5.41) is 0.222. The number of hydrogen-bond acceptors (Lipinski definition) is 5. The monoisotopic (exact) mass is 376 g/mol. The predicted molar refractivity (Wildman–Crippen MR) is 98.1 cm³/mol. The van der Waals surface area contributed by atoms with Gasteiger partial charge in [0.25, 0.3) is 5.91 Å². The lowest BCUT2D eigenvalue weighted by Gasteiger charge is -2.33. The van der Waals surface area contributed by atoms with Gasteiger partial charge in [-0.05, 0) is 25.1 Å². The second kappa shape index (κ2) is 8.38. The summed E-state index contributed by atoms with van der Waals surface area (Å²) >= 11 is 5.96. The molecular weight excluding hydrogens is 356 g/mol. The number of rotatable bonds is 5. The van der Waals surface area contributed by atoms with Gasteiger partial charge in [0, 0.05) is 18.2 Å². The van der Waals surface area contributed by atoms with Crippen LogP contribution in [-0.4, -0.2) is 55.3 Å². The fourth-order valence-electron chi connectivity index (χ4n) is 2.71. The highest BCUT2D eigenvalue weighted by atomic mass is 35.5. The number of morpholine rings is 1. The fraction of sp³-hybridized carbons (Fsp3) is 0.368. The van der Waals surface area contributed by atoms with E-state index in [1.165, 1.54) is 12.7 Å².